The van der Waals surface area contributed by atoms with E-state index in [-0.39, 0.29) is 5.91 Å². The molecule has 0 bridgehead atoms. The third-order valence-corrected chi connectivity index (χ3v) is 4.96. The normalized spacial score (nSPS) is 14.5. The highest BCUT2D eigenvalue weighted by Crippen LogP contribution is 2.17. The summed E-state index contributed by atoms with van der Waals surface area (Å²) in [6.45, 7) is 8.91. The Hall–Kier alpha value is -2.71. The van der Waals surface area contributed by atoms with E-state index in [2.05, 4.69) is 25.1 Å². The maximum atomic E-state index is 12.5. The van der Waals surface area contributed by atoms with E-state index >= 15 is 0 Å². The minimum Gasteiger partial charge on any atom is -0.490 e. The Morgan fingerprint density at radius 3 is 2.60 bits per heavy atom. The summed E-state index contributed by atoms with van der Waals surface area (Å²) in [6, 6.07) is 9.15. The van der Waals surface area contributed by atoms with E-state index < -0.39 is 0 Å². The molecule has 30 heavy (non-hydrogen) atoms. The van der Waals surface area contributed by atoms with Crippen LogP contribution in [0.25, 0.3) is 0 Å². The van der Waals surface area contributed by atoms with Crippen molar-refractivity contribution >= 4 is 11.9 Å². The van der Waals surface area contributed by atoms with Crippen molar-refractivity contribution in [2.24, 2.45) is 0 Å². The maximum absolute atomic E-state index is 12.5. The zero-order chi connectivity index (χ0) is 21.0. The molecular formula is C22H31N5O3. The van der Waals surface area contributed by atoms with Crippen molar-refractivity contribution in [2.75, 3.05) is 64.0 Å². The van der Waals surface area contributed by atoms with E-state index in [9.17, 15) is 4.79 Å². The van der Waals surface area contributed by atoms with Crippen molar-refractivity contribution in [2.45, 2.75) is 13.3 Å². The van der Waals surface area contributed by atoms with Crippen LogP contribution >= 0.6 is 0 Å². The van der Waals surface area contributed by atoms with Crippen molar-refractivity contribution in [3.05, 3.63) is 48.3 Å². The molecule has 1 N–H and O–H groups in total. The Kier molecular flexibility index (Phi) is 8.86. The first-order valence-corrected chi connectivity index (χ1v) is 10.6. The van der Waals surface area contributed by atoms with Crippen LogP contribution in [0.2, 0.25) is 0 Å². The Labute approximate surface area is 178 Å². The van der Waals surface area contributed by atoms with Crippen molar-refractivity contribution in [3.63, 3.8) is 0 Å². The Bertz CT molecular complexity index is 766. The molecule has 1 aromatic heterocycles. The fourth-order valence-electron chi connectivity index (χ4n) is 3.36. The number of hydrogen-bond acceptors (Lipinski definition) is 7. The lowest BCUT2D eigenvalue weighted by Crippen LogP contribution is -2.47. The molecule has 1 aliphatic rings. The monoisotopic (exact) mass is 413 g/mol. The minimum absolute atomic E-state index is 0.104. The molecule has 8 heteroatoms. The van der Waals surface area contributed by atoms with Gasteiger partial charge in [-0.15, -0.1) is 0 Å². The van der Waals surface area contributed by atoms with E-state index in [1.807, 2.05) is 31.2 Å². The van der Waals surface area contributed by atoms with E-state index in [1.165, 1.54) is 0 Å². The maximum Gasteiger partial charge on any atom is 0.255 e. The molecule has 1 aliphatic heterocycles. The highest BCUT2D eigenvalue weighted by Gasteiger charge is 2.18. The molecule has 2 aromatic rings. The van der Waals surface area contributed by atoms with Crippen LogP contribution in [0.3, 0.4) is 0 Å². The molecule has 0 radical (unpaired) electrons. The summed E-state index contributed by atoms with van der Waals surface area (Å²) in [4.78, 5) is 25.8. The molecule has 0 saturated carbocycles. The third-order valence-electron chi connectivity index (χ3n) is 4.96. The van der Waals surface area contributed by atoms with Crippen LogP contribution in [0, 0.1) is 0 Å². The number of hydrogen-bond donors (Lipinski definition) is 1. The van der Waals surface area contributed by atoms with Gasteiger partial charge in [0.2, 0.25) is 5.95 Å². The van der Waals surface area contributed by atoms with Gasteiger partial charge in [-0.2, -0.15) is 0 Å². The SMILES string of the molecule is CCOCCOc1ccccc1C(=O)NCCCN1CCN(c2ncccn2)CC1. The van der Waals surface area contributed by atoms with Crippen molar-refractivity contribution in [3.8, 4) is 5.75 Å². The van der Waals surface area contributed by atoms with Gasteiger partial charge in [-0.05, 0) is 38.1 Å². The smallest absolute Gasteiger partial charge is 0.255 e. The largest absolute Gasteiger partial charge is 0.490 e. The summed E-state index contributed by atoms with van der Waals surface area (Å²) in [7, 11) is 0. The molecule has 2 heterocycles. The number of nitrogens with one attached hydrogen (secondary N) is 1. The van der Waals surface area contributed by atoms with Crippen molar-refractivity contribution < 1.29 is 14.3 Å². The van der Waals surface area contributed by atoms with Gasteiger partial charge in [-0.25, -0.2) is 9.97 Å². The van der Waals surface area contributed by atoms with Crippen molar-refractivity contribution in [1.29, 1.82) is 0 Å². The van der Waals surface area contributed by atoms with Crippen LogP contribution in [0.5, 0.6) is 5.75 Å². The van der Waals surface area contributed by atoms with Crippen LogP contribution in [0.4, 0.5) is 5.95 Å². The highest BCUT2D eigenvalue weighted by atomic mass is 16.5. The fourth-order valence-corrected chi connectivity index (χ4v) is 3.36. The van der Waals surface area contributed by atoms with Gasteiger partial charge in [-0.1, -0.05) is 12.1 Å². The number of aromatic nitrogens is 2. The molecule has 0 spiro atoms. The number of ether oxygens (including phenoxy) is 2. The summed E-state index contributed by atoms with van der Waals surface area (Å²) in [5, 5.41) is 3.01. The van der Waals surface area contributed by atoms with Gasteiger partial charge in [0.25, 0.3) is 5.91 Å². The number of para-hydroxylation sites is 1. The molecule has 3 rings (SSSR count). The molecule has 8 nitrogen and oxygen atoms in total. The second-order valence-electron chi connectivity index (χ2n) is 7.03. The molecule has 0 aliphatic carbocycles. The van der Waals surface area contributed by atoms with Crippen LogP contribution in [0.15, 0.2) is 42.7 Å². The number of carbonyl (C=O) groups is 1. The topological polar surface area (TPSA) is 79.8 Å². The average molecular weight is 414 g/mol. The summed E-state index contributed by atoms with van der Waals surface area (Å²) in [5.74, 6) is 1.29. The van der Waals surface area contributed by atoms with Crippen LogP contribution in [-0.2, 0) is 4.74 Å². The minimum atomic E-state index is -0.104. The Morgan fingerprint density at radius 1 is 1.07 bits per heavy atom. The van der Waals surface area contributed by atoms with E-state index in [4.69, 9.17) is 9.47 Å². The molecule has 1 saturated heterocycles. The summed E-state index contributed by atoms with van der Waals surface area (Å²) in [6.07, 6.45) is 4.46. The van der Waals surface area contributed by atoms with Crippen LogP contribution < -0.4 is 15.0 Å². The Morgan fingerprint density at radius 2 is 1.83 bits per heavy atom. The molecule has 0 atom stereocenters. The molecular weight excluding hydrogens is 382 g/mol. The number of rotatable bonds is 11. The number of anilines is 1. The quantitative estimate of drug-likeness (QED) is 0.563. The molecule has 1 aromatic carbocycles. The van der Waals surface area contributed by atoms with Gasteiger partial charge in [0.15, 0.2) is 0 Å². The summed E-state index contributed by atoms with van der Waals surface area (Å²) in [5.41, 5.74) is 0.561. The van der Waals surface area contributed by atoms with Gasteiger partial charge in [0.1, 0.15) is 12.4 Å². The predicted octanol–water partition coefficient (Wildman–Crippen LogP) is 1.83. The lowest BCUT2D eigenvalue weighted by Gasteiger charge is -2.34. The summed E-state index contributed by atoms with van der Waals surface area (Å²) >= 11 is 0. The van der Waals surface area contributed by atoms with Gasteiger partial charge < -0.3 is 19.7 Å². The first-order valence-electron chi connectivity index (χ1n) is 10.6. The third kappa shape index (κ3) is 6.67. The number of benzene rings is 1. The van der Waals surface area contributed by atoms with E-state index in [0.717, 1.165) is 45.1 Å². The summed E-state index contributed by atoms with van der Waals surface area (Å²) < 4.78 is 11.0. The predicted molar refractivity (Wildman–Crippen MR) is 116 cm³/mol. The lowest BCUT2D eigenvalue weighted by molar-refractivity contribution is 0.0934. The standard InChI is InChI=1S/C22H31N5O3/c1-2-29-17-18-30-20-8-4-3-7-19(20)21(28)23-11-6-12-26-13-15-27(16-14-26)22-24-9-5-10-25-22/h3-5,7-10H,2,6,11-18H2,1H3,(H,23,28). The number of nitrogens with zero attached hydrogens (tertiary/aromatic N) is 4. The molecule has 1 fully saturated rings. The zero-order valence-electron chi connectivity index (χ0n) is 17.6. The van der Waals surface area contributed by atoms with Gasteiger partial charge >= 0.3 is 0 Å². The first kappa shape index (κ1) is 22.0. The number of piperazine rings is 1. The molecule has 0 unspecified atom stereocenters. The highest BCUT2D eigenvalue weighted by molar-refractivity contribution is 5.96. The zero-order valence-corrected chi connectivity index (χ0v) is 17.6. The van der Waals surface area contributed by atoms with Crippen LogP contribution in [0.1, 0.15) is 23.7 Å². The first-order chi connectivity index (χ1) is 14.8. The second kappa shape index (κ2) is 12.1. The average Bonchev–Trinajstić information content (AvgIpc) is 2.81. The fraction of sp³-hybridized carbons (Fsp3) is 0.500. The van der Waals surface area contributed by atoms with Gasteiger partial charge in [0, 0.05) is 51.7 Å². The number of amides is 1. The number of carbonyl (C=O) groups excluding carboxylic acids is 1. The van der Waals surface area contributed by atoms with Gasteiger partial charge in [-0.3, -0.25) is 9.69 Å². The second-order valence-corrected chi connectivity index (χ2v) is 7.03. The Balaban J connectivity index is 1.35. The van der Waals surface area contributed by atoms with Gasteiger partial charge in [0.05, 0.1) is 12.2 Å². The molecule has 1 amide bonds. The van der Waals surface area contributed by atoms with Crippen LogP contribution in [-0.4, -0.2) is 79.9 Å². The molecule has 162 valence electrons. The van der Waals surface area contributed by atoms with Crippen molar-refractivity contribution in [1.82, 2.24) is 20.2 Å². The lowest BCUT2D eigenvalue weighted by atomic mass is 10.2. The van der Waals surface area contributed by atoms with E-state index in [0.29, 0.717) is 37.7 Å². The van der Waals surface area contributed by atoms with E-state index in [1.54, 1.807) is 18.5 Å².